The minimum absolute atomic E-state index is 0.0111. The Kier molecular flexibility index (Phi) is 5.27. The first-order valence-electron chi connectivity index (χ1n) is 8.86. The number of carbonyl (C=O) groups excluding carboxylic acids is 2. The van der Waals surface area contributed by atoms with Gasteiger partial charge < -0.3 is 14.5 Å². The molecule has 0 saturated carbocycles. The Labute approximate surface area is 153 Å². The van der Waals surface area contributed by atoms with Crippen LogP contribution in [0, 0.1) is 5.92 Å². The van der Waals surface area contributed by atoms with Crippen molar-refractivity contribution in [2.75, 3.05) is 32.5 Å². The molecule has 2 saturated heterocycles. The Morgan fingerprint density at radius 1 is 1.16 bits per heavy atom. The number of nitrogens with zero attached hydrogens (tertiary/aromatic N) is 2. The monoisotopic (exact) mass is 362 g/mol. The Morgan fingerprint density at radius 2 is 1.84 bits per heavy atom. The summed E-state index contributed by atoms with van der Waals surface area (Å²) in [5.74, 6) is 1.86. The van der Waals surface area contributed by atoms with Crippen LogP contribution in [0.5, 0.6) is 5.75 Å². The van der Waals surface area contributed by atoms with Crippen molar-refractivity contribution in [3.8, 4) is 5.75 Å². The van der Waals surface area contributed by atoms with Crippen molar-refractivity contribution >= 4 is 23.6 Å². The summed E-state index contributed by atoms with van der Waals surface area (Å²) in [6.07, 6.45) is 1.66. The normalized spacial score (nSPS) is 19.5. The van der Waals surface area contributed by atoms with Crippen LogP contribution in [0.15, 0.2) is 24.3 Å². The number of amides is 2. The molecule has 0 unspecified atom stereocenters. The smallest absolute Gasteiger partial charge is 0.257 e. The van der Waals surface area contributed by atoms with Crippen molar-refractivity contribution in [3.05, 3.63) is 29.8 Å². The van der Waals surface area contributed by atoms with Gasteiger partial charge in [-0.25, -0.2) is 0 Å². The van der Waals surface area contributed by atoms with Gasteiger partial charge in [-0.3, -0.25) is 9.59 Å². The van der Waals surface area contributed by atoms with E-state index in [0.29, 0.717) is 24.4 Å². The minimum Gasteiger partial charge on any atom is -0.496 e. The van der Waals surface area contributed by atoms with Gasteiger partial charge in [0, 0.05) is 31.3 Å². The molecule has 0 aliphatic carbocycles. The molecule has 0 N–H and O–H groups in total. The molecule has 6 heteroatoms. The summed E-state index contributed by atoms with van der Waals surface area (Å²) in [5.41, 5.74) is 0.607. The maximum absolute atomic E-state index is 12.9. The lowest BCUT2D eigenvalue weighted by Crippen LogP contribution is -2.54. The molecule has 2 heterocycles. The van der Waals surface area contributed by atoms with Crippen molar-refractivity contribution < 1.29 is 14.3 Å². The van der Waals surface area contributed by atoms with Crippen LogP contribution in [0.3, 0.4) is 0 Å². The van der Waals surface area contributed by atoms with E-state index in [1.54, 1.807) is 7.11 Å². The molecule has 2 aliphatic rings. The highest BCUT2D eigenvalue weighted by Crippen LogP contribution is 2.44. The largest absolute Gasteiger partial charge is 0.496 e. The number of thioether (sulfide) groups is 1. The van der Waals surface area contributed by atoms with Crippen LogP contribution >= 0.6 is 11.8 Å². The van der Waals surface area contributed by atoms with E-state index in [1.807, 2.05) is 54.8 Å². The van der Waals surface area contributed by atoms with Crippen LogP contribution in [0.2, 0.25) is 0 Å². The molecule has 1 spiro atoms. The molecule has 5 nitrogen and oxygen atoms in total. The number of para-hydroxylation sites is 1. The molecule has 2 fully saturated rings. The zero-order chi connectivity index (χ0) is 18.0. The van der Waals surface area contributed by atoms with E-state index in [9.17, 15) is 9.59 Å². The molecule has 0 radical (unpaired) electrons. The fourth-order valence-corrected chi connectivity index (χ4v) is 5.16. The van der Waals surface area contributed by atoms with Crippen LogP contribution in [-0.2, 0) is 4.79 Å². The third-order valence-electron chi connectivity index (χ3n) is 5.11. The summed E-state index contributed by atoms with van der Waals surface area (Å²) in [6, 6.07) is 7.35. The number of carbonyl (C=O) groups is 2. The van der Waals surface area contributed by atoms with E-state index in [2.05, 4.69) is 4.90 Å². The molecule has 25 heavy (non-hydrogen) atoms. The van der Waals surface area contributed by atoms with Crippen LogP contribution in [0.25, 0.3) is 0 Å². The van der Waals surface area contributed by atoms with E-state index in [0.717, 1.165) is 25.1 Å². The van der Waals surface area contributed by atoms with Gasteiger partial charge in [0.25, 0.3) is 5.91 Å². The van der Waals surface area contributed by atoms with E-state index in [-0.39, 0.29) is 22.6 Å². The fourth-order valence-electron chi connectivity index (χ4n) is 3.70. The summed E-state index contributed by atoms with van der Waals surface area (Å²) >= 11 is 1.88. The first-order chi connectivity index (χ1) is 12.0. The van der Waals surface area contributed by atoms with E-state index in [4.69, 9.17) is 4.74 Å². The minimum atomic E-state index is -0.126. The summed E-state index contributed by atoms with van der Waals surface area (Å²) < 4.78 is 5.32. The van der Waals surface area contributed by atoms with Gasteiger partial charge in [0.05, 0.1) is 17.5 Å². The standard InChI is InChI=1S/C19H26N2O3S/c1-14(2)17(22)21-12-13-25-19(21)8-10-20(11-9-19)18(23)15-6-4-5-7-16(15)24-3/h4-7,14H,8-13H2,1-3H3. The van der Waals surface area contributed by atoms with Crippen molar-refractivity contribution in [1.29, 1.82) is 0 Å². The summed E-state index contributed by atoms with van der Waals surface area (Å²) in [4.78, 5) is 29.2. The van der Waals surface area contributed by atoms with Gasteiger partial charge in [0.2, 0.25) is 5.91 Å². The Morgan fingerprint density at radius 3 is 2.48 bits per heavy atom. The number of methoxy groups -OCH3 is 1. The Bertz CT molecular complexity index is 654. The summed E-state index contributed by atoms with van der Waals surface area (Å²) in [5, 5.41) is 0. The average Bonchev–Trinajstić information content (AvgIpc) is 3.03. The lowest BCUT2D eigenvalue weighted by atomic mass is 9.99. The fraction of sp³-hybridized carbons (Fsp3) is 0.579. The molecule has 0 bridgehead atoms. The maximum atomic E-state index is 12.9. The van der Waals surface area contributed by atoms with Gasteiger partial charge in [-0.15, -0.1) is 11.8 Å². The third kappa shape index (κ3) is 3.36. The van der Waals surface area contributed by atoms with Crippen molar-refractivity contribution in [2.45, 2.75) is 31.6 Å². The van der Waals surface area contributed by atoms with E-state index < -0.39 is 0 Å². The number of rotatable bonds is 3. The summed E-state index contributed by atoms with van der Waals surface area (Å²) in [6.45, 7) is 6.08. The van der Waals surface area contributed by atoms with E-state index in [1.165, 1.54) is 0 Å². The predicted octanol–water partition coefficient (Wildman–Crippen LogP) is 2.86. The SMILES string of the molecule is COc1ccccc1C(=O)N1CCC2(CC1)SCCN2C(=O)C(C)C. The highest BCUT2D eigenvalue weighted by atomic mass is 32.2. The molecule has 2 amide bonds. The topological polar surface area (TPSA) is 49.9 Å². The van der Waals surface area contributed by atoms with E-state index >= 15 is 0 Å². The second-order valence-corrected chi connectivity index (χ2v) is 8.39. The van der Waals surface area contributed by atoms with Crippen molar-refractivity contribution in [2.24, 2.45) is 5.92 Å². The van der Waals surface area contributed by atoms with Gasteiger partial charge in [-0.05, 0) is 25.0 Å². The van der Waals surface area contributed by atoms with Gasteiger partial charge >= 0.3 is 0 Å². The Hall–Kier alpha value is -1.69. The van der Waals surface area contributed by atoms with Crippen molar-refractivity contribution in [3.63, 3.8) is 0 Å². The lowest BCUT2D eigenvalue weighted by molar-refractivity contribution is -0.137. The van der Waals surface area contributed by atoms with Crippen LogP contribution in [0.1, 0.15) is 37.0 Å². The predicted molar refractivity (Wildman–Crippen MR) is 99.9 cm³/mol. The number of hydrogen-bond donors (Lipinski definition) is 0. The maximum Gasteiger partial charge on any atom is 0.257 e. The van der Waals surface area contributed by atoms with Crippen LogP contribution in [0.4, 0.5) is 0 Å². The first-order valence-corrected chi connectivity index (χ1v) is 9.85. The Balaban J connectivity index is 1.71. The zero-order valence-corrected chi connectivity index (χ0v) is 16.0. The molecule has 1 aromatic rings. The number of piperidine rings is 1. The third-order valence-corrected chi connectivity index (χ3v) is 6.66. The number of likely N-dealkylation sites (tertiary alicyclic amines) is 1. The van der Waals surface area contributed by atoms with Gasteiger partial charge in [-0.2, -0.15) is 0 Å². The number of benzene rings is 1. The molecule has 136 valence electrons. The molecule has 3 rings (SSSR count). The quantitative estimate of drug-likeness (QED) is 0.830. The number of hydrogen-bond acceptors (Lipinski definition) is 4. The number of ether oxygens (including phenoxy) is 1. The molecule has 0 atom stereocenters. The molecule has 1 aromatic carbocycles. The molecule has 0 aromatic heterocycles. The van der Waals surface area contributed by atoms with Crippen LogP contribution in [-0.4, -0.2) is 59.0 Å². The van der Waals surface area contributed by atoms with Crippen LogP contribution < -0.4 is 4.74 Å². The second kappa shape index (κ2) is 7.28. The van der Waals surface area contributed by atoms with Gasteiger partial charge in [0.15, 0.2) is 0 Å². The lowest BCUT2D eigenvalue weighted by Gasteiger charge is -2.44. The molecular formula is C19H26N2O3S. The highest BCUT2D eigenvalue weighted by Gasteiger charge is 2.47. The molecule has 2 aliphatic heterocycles. The van der Waals surface area contributed by atoms with Gasteiger partial charge in [0.1, 0.15) is 5.75 Å². The first kappa shape index (κ1) is 18.1. The second-order valence-electron chi connectivity index (χ2n) is 6.93. The zero-order valence-electron chi connectivity index (χ0n) is 15.2. The average molecular weight is 362 g/mol. The van der Waals surface area contributed by atoms with Crippen molar-refractivity contribution in [1.82, 2.24) is 9.80 Å². The van der Waals surface area contributed by atoms with Gasteiger partial charge in [-0.1, -0.05) is 26.0 Å². The summed E-state index contributed by atoms with van der Waals surface area (Å²) in [7, 11) is 1.59. The highest BCUT2D eigenvalue weighted by molar-refractivity contribution is 8.00. The molecular weight excluding hydrogens is 336 g/mol.